The van der Waals surface area contributed by atoms with Crippen LogP contribution >= 0.6 is 0 Å². The number of rotatable bonds is 17. The number of hydrogen-bond donors (Lipinski definition) is 0. The van der Waals surface area contributed by atoms with Crippen LogP contribution in [0.4, 0.5) is 0 Å². The molecule has 3 nitrogen and oxygen atoms in total. The lowest BCUT2D eigenvalue weighted by atomic mass is 10.0. The van der Waals surface area contributed by atoms with Crippen LogP contribution in [0.3, 0.4) is 0 Å². The Kier molecular flexibility index (Phi) is 17.2. The third-order valence-electron chi connectivity index (χ3n) is 7.46. The lowest BCUT2D eigenvalue weighted by Crippen LogP contribution is -2.50. The van der Waals surface area contributed by atoms with Gasteiger partial charge in [0.15, 0.2) is 0 Å². The largest absolute Gasteiger partial charge is 0.324 e. The van der Waals surface area contributed by atoms with E-state index in [1.807, 2.05) is 0 Å². The summed E-state index contributed by atoms with van der Waals surface area (Å²) < 4.78 is 1.27. The van der Waals surface area contributed by atoms with Crippen LogP contribution in [0.1, 0.15) is 110 Å². The zero-order valence-corrected chi connectivity index (χ0v) is 21.6. The number of likely N-dealkylation sites (N-methyl/N-ethyl adjacent to an activating group) is 3. The SMILES string of the molecule is CCCCCCCCCCCCCCCCCC[N+]1(C)CCN(C)CCN(C)CC1. The Labute approximate surface area is 191 Å². The molecule has 1 saturated heterocycles. The summed E-state index contributed by atoms with van der Waals surface area (Å²) in [4.78, 5) is 5.04. The molecule has 1 rings (SSSR count). The van der Waals surface area contributed by atoms with Gasteiger partial charge in [0, 0.05) is 26.2 Å². The molecule has 0 saturated carbocycles. The van der Waals surface area contributed by atoms with E-state index in [0.717, 1.165) is 0 Å². The first kappa shape index (κ1) is 27.9. The molecule has 0 aromatic carbocycles. The Morgan fingerprint density at radius 1 is 0.500 bits per heavy atom. The molecule has 0 radical (unpaired) electrons. The van der Waals surface area contributed by atoms with Crippen molar-refractivity contribution in [3.05, 3.63) is 0 Å². The molecule has 0 atom stereocenters. The highest BCUT2D eigenvalue weighted by molar-refractivity contribution is 4.61. The highest BCUT2D eigenvalue weighted by Gasteiger charge is 2.23. The normalized spacial score (nSPS) is 18.8. The van der Waals surface area contributed by atoms with E-state index in [9.17, 15) is 0 Å². The smallest absolute Gasteiger partial charge is 0.0914 e. The van der Waals surface area contributed by atoms with Gasteiger partial charge in [-0.25, -0.2) is 0 Å². The van der Waals surface area contributed by atoms with Crippen molar-refractivity contribution in [3.8, 4) is 0 Å². The molecule has 0 aromatic rings. The zero-order valence-electron chi connectivity index (χ0n) is 21.6. The maximum Gasteiger partial charge on any atom is 0.0914 e. The fourth-order valence-corrected chi connectivity index (χ4v) is 4.77. The molecular formula is C27H58N3+. The van der Waals surface area contributed by atoms with E-state index in [1.54, 1.807) is 0 Å². The summed E-state index contributed by atoms with van der Waals surface area (Å²) in [7, 11) is 7.08. The molecule has 0 bridgehead atoms. The first-order chi connectivity index (χ1) is 14.6. The topological polar surface area (TPSA) is 6.48 Å². The van der Waals surface area contributed by atoms with Crippen molar-refractivity contribution in [1.82, 2.24) is 9.80 Å². The summed E-state index contributed by atoms with van der Waals surface area (Å²) >= 11 is 0. The minimum absolute atomic E-state index is 1.22. The predicted octanol–water partition coefficient (Wildman–Crippen LogP) is 6.57. The molecule has 0 aliphatic carbocycles. The van der Waals surface area contributed by atoms with Crippen LogP contribution in [0.2, 0.25) is 0 Å². The van der Waals surface area contributed by atoms with Crippen LogP contribution in [-0.2, 0) is 0 Å². The molecule has 1 fully saturated rings. The van der Waals surface area contributed by atoms with Crippen LogP contribution < -0.4 is 0 Å². The van der Waals surface area contributed by atoms with Gasteiger partial charge in [-0.1, -0.05) is 96.8 Å². The maximum absolute atomic E-state index is 2.52. The predicted molar refractivity (Wildman–Crippen MR) is 135 cm³/mol. The molecule has 0 unspecified atom stereocenters. The third kappa shape index (κ3) is 15.6. The Bertz CT molecular complexity index is 357. The van der Waals surface area contributed by atoms with Gasteiger partial charge in [-0.15, -0.1) is 0 Å². The molecule has 0 amide bonds. The van der Waals surface area contributed by atoms with Crippen molar-refractivity contribution in [3.63, 3.8) is 0 Å². The van der Waals surface area contributed by atoms with Gasteiger partial charge in [0.25, 0.3) is 0 Å². The van der Waals surface area contributed by atoms with E-state index in [1.165, 1.54) is 153 Å². The van der Waals surface area contributed by atoms with Gasteiger partial charge < -0.3 is 4.48 Å². The van der Waals surface area contributed by atoms with Gasteiger partial charge in [0.1, 0.15) is 0 Å². The first-order valence-corrected chi connectivity index (χ1v) is 13.8. The molecule has 1 aliphatic heterocycles. The molecule has 1 aliphatic rings. The molecule has 0 spiro atoms. The van der Waals surface area contributed by atoms with E-state index in [-0.39, 0.29) is 0 Å². The van der Waals surface area contributed by atoms with Gasteiger partial charge in [-0.05, 0) is 26.9 Å². The maximum atomic E-state index is 2.52. The molecule has 3 heteroatoms. The minimum Gasteiger partial charge on any atom is -0.324 e. The van der Waals surface area contributed by atoms with Gasteiger partial charge in [0.2, 0.25) is 0 Å². The molecule has 0 aromatic heterocycles. The fraction of sp³-hybridized carbons (Fsp3) is 1.00. The molecule has 0 N–H and O–H groups in total. The van der Waals surface area contributed by atoms with Crippen molar-refractivity contribution in [1.29, 1.82) is 0 Å². The first-order valence-electron chi connectivity index (χ1n) is 13.8. The minimum atomic E-state index is 1.22. The lowest BCUT2D eigenvalue weighted by molar-refractivity contribution is -0.908. The molecule has 1 heterocycles. The van der Waals surface area contributed by atoms with Crippen molar-refractivity contribution in [2.45, 2.75) is 110 Å². The van der Waals surface area contributed by atoms with Crippen LogP contribution in [0.5, 0.6) is 0 Å². The van der Waals surface area contributed by atoms with Crippen molar-refractivity contribution >= 4 is 0 Å². The van der Waals surface area contributed by atoms with E-state index >= 15 is 0 Å². The van der Waals surface area contributed by atoms with Gasteiger partial charge in [-0.3, -0.25) is 9.80 Å². The Hall–Kier alpha value is -0.120. The monoisotopic (exact) mass is 424 g/mol. The average Bonchev–Trinajstić information content (AvgIpc) is 2.80. The Balaban J connectivity index is 1.91. The lowest BCUT2D eigenvalue weighted by Gasteiger charge is -2.35. The number of hydrogen-bond acceptors (Lipinski definition) is 2. The van der Waals surface area contributed by atoms with Crippen molar-refractivity contribution in [2.75, 3.05) is 67.0 Å². The van der Waals surface area contributed by atoms with E-state index in [4.69, 9.17) is 0 Å². The third-order valence-corrected chi connectivity index (χ3v) is 7.46. The van der Waals surface area contributed by atoms with Gasteiger partial charge >= 0.3 is 0 Å². The zero-order chi connectivity index (χ0) is 21.9. The van der Waals surface area contributed by atoms with Crippen LogP contribution in [0.15, 0.2) is 0 Å². The average molecular weight is 425 g/mol. The number of quaternary nitrogens is 1. The summed E-state index contributed by atoms with van der Waals surface area (Å²) in [6, 6.07) is 0. The second kappa shape index (κ2) is 18.5. The summed E-state index contributed by atoms with van der Waals surface area (Å²) in [6.07, 6.45) is 23.3. The molecular weight excluding hydrogens is 366 g/mol. The standard InChI is InChI=1S/C27H58N3/c1-5-6-7-8-9-10-11-12-13-14-15-16-17-18-19-20-25-30(4)26-23-28(2)21-22-29(3)24-27-30/h5-27H2,1-4H3/q+1. The van der Waals surface area contributed by atoms with Crippen LogP contribution in [-0.4, -0.2) is 81.2 Å². The van der Waals surface area contributed by atoms with Gasteiger partial charge in [-0.2, -0.15) is 0 Å². The Morgan fingerprint density at radius 3 is 1.20 bits per heavy atom. The molecule has 180 valence electrons. The molecule has 30 heavy (non-hydrogen) atoms. The summed E-state index contributed by atoms with van der Waals surface area (Å²) in [5.74, 6) is 0. The van der Waals surface area contributed by atoms with E-state index in [0.29, 0.717) is 0 Å². The number of unbranched alkanes of at least 4 members (excludes halogenated alkanes) is 15. The highest BCUT2D eigenvalue weighted by Crippen LogP contribution is 2.15. The second-order valence-corrected chi connectivity index (χ2v) is 10.7. The van der Waals surface area contributed by atoms with Crippen molar-refractivity contribution < 1.29 is 4.48 Å². The van der Waals surface area contributed by atoms with Crippen LogP contribution in [0.25, 0.3) is 0 Å². The highest BCUT2D eigenvalue weighted by atomic mass is 15.4. The van der Waals surface area contributed by atoms with Crippen LogP contribution in [0, 0.1) is 0 Å². The summed E-state index contributed by atoms with van der Waals surface area (Å²) in [5.41, 5.74) is 0. The fourth-order valence-electron chi connectivity index (χ4n) is 4.77. The van der Waals surface area contributed by atoms with E-state index < -0.39 is 0 Å². The van der Waals surface area contributed by atoms with Crippen molar-refractivity contribution in [2.24, 2.45) is 0 Å². The van der Waals surface area contributed by atoms with Gasteiger partial charge in [0.05, 0.1) is 26.7 Å². The quantitative estimate of drug-likeness (QED) is 0.192. The van der Waals surface area contributed by atoms with E-state index in [2.05, 4.69) is 37.9 Å². The Morgan fingerprint density at radius 2 is 0.833 bits per heavy atom. The number of nitrogens with zero attached hydrogens (tertiary/aromatic N) is 3. The summed E-state index contributed by atoms with van der Waals surface area (Å²) in [5, 5.41) is 0. The summed E-state index contributed by atoms with van der Waals surface area (Å²) in [6.45, 7) is 11.3. The second-order valence-electron chi connectivity index (χ2n) is 10.7.